The Hall–Kier alpha value is -1.13. The zero-order chi connectivity index (χ0) is 13.0. The first kappa shape index (κ1) is 13.3. The highest BCUT2D eigenvalue weighted by atomic mass is 15.3. The van der Waals surface area contributed by atoms with Gasteiger partial charge in [0.2, 0.25) is 0 Å². The van der Waals surface area contributed by atoms with E-state index in [0.717, 1.165) is 50.8 Å². The molecule has 100 valence electrons. The number of nitrogens with two attached hydrogens (primary N) is 1. The van der Waals surface area contributed by atoms with Gasteiger partial charge >= 0.3 is 0 Å². The number of hydrogen-bond acceptors (Lipinski definition) is 4. The molecule has 2 heterocycles. The van der Waals surface area contributed by atoms with E-state index in [-0.39, 0.29) is 0 Å². The van der Waals surface area contributed by atoms with E-state index in [9.17, 15) is 0 Å². The van der Waals surface area contributed by atoms with Crippen molar-refractivity contribution in [2.24, 2.45) is 11.7 Å². The van der Waals surface area contributed by atoms with Gasteiger partial charge in [-0.1, -0.05) is 13.0 Å². The second-order valence-corrected chi connectivity index (χ2v) is 5.27. The molecule has 0 aromatic carbocycles. The van der Waals surface area contributed by atoms with Gasteiger partial charge in [-0.2, -0.15) is 0 Å². The highest BCUT2D eigenvalue weighted by Gasteiger charge is 2.18. The predicted octanol–water partition coefficient (Wildman–Crippen LogP) is 1.11. The summed E-state index contributed by atoms with van der Waals surface area (Å²) in [6.45, 7) is 10.5. The van der Waals surface area contributed by atoms with Gasteiger partial charge in [-0.15, -0.1) is 0 Å². The molecule has 2 rings (SSSR count). The molecule has 0 aliphatic carbocycles. The number of piperazine rings is 1. The average molecular weight is 248 g/mol. The Labute approximate surface area is 110 Å². The molecule has 4 heteroatoms. The van der Waals surface area contributed by atoms with Crippen LogP contribution in [-0.2, 0) is 0 Å². The van der Waals surface area contributed by atoms with Crippen LogP contribution in [0.15, 0.2) is 18.2 Å². The maximum absolute atomic E-state index is 5.68. The maximum Gasteiger partial charge on any atom is 0.128 e. The number of pyridine rings is 1. The van der Waals surface area contributed by atoms with E-state index in [1.165, 1.54) is 0 Å². The van der Waals surface area contributed by atoms with Crippen molar-refractivity contribution in [2.75, 3.05) is 44.2 Å². The quantitative estimate of drug-likeness (QED) is 0.867. The average Bonchev–Trinajstić information content (AvgIpc) is 2.39. The summed E-state index contributed by atoms with van der Waals surface area (Å²) < 4.78 is 0. The van der Waals surface area contributed by atoms with Gasteiger partial charge in [-0.25, -0.2) is 4.98 Å². The first-order valence-electron chi connectivity index (χ1n) is 6.80. The third-order valence-electron chi connectivity index (χ3n) is 3.54. The molecule has 1 aromatic rings. The van der Waals surface area contributed by atoms with E-state index < -0.39 is 0 Å². The van der Waals surface area contributed by atoms with E-state index in [1.54, 1.807) is 0 Å². The van der Waals surface area contributed by atoms with Crippen LogP contribution >= 0.6 is 0 Å². The van der Waals surface area contributed by atoms with Crippen molar-refractivity contribution < 1.29 is 0 Å². The van der Waals surface area contributed by atoms with E-state index in [4.69, 9.17) is 5.73 Å². The number of aromatic nitrogens is 1. The number of anilines is 1. The molecular weight excluding hydrogens is 224 g/mol. The summed E-state index contributed by atoms with van der Waals surface area (Å²) in [7, 11) is 0. The molecule has 1 aromatic heterocycles. The normalized spacial score (nSPS) is 18.9. The van der Waals surface area contributed by atoms with Crippen LogP contribution in [0.3, 0.4) is 0 Å². The minimum Gasteiger partial charge on any atom is -0.354 e. The lowest BCUT2D eigenvalue weighted by molar-refractivity contribution is 0.227. The lowest BCUT2D eigenvalue weighted by Crippen LogP contribution is -2.48. The third-order valence-corrected chi connectivity index (χ3v) is 3.54. The number of nitrogens with zero attached hydrogens (tertiary/aromatic N) is 3. The van der Waals surface area contributed by atoms with Gasteiger partial charge in [0.15, 0.2) is 0 Å². The summed E-state index contributed by atoms with van der Waals surface area (Å²) >= 11 is 0. The SMILES string of the molecule is Cc1cccc(N2CCN(CC(C)CN)CC2)n1. The van der Waals surface area contributed by atoms with Crippen molar-refractivity contribution in [3.63, 3.8) is 0 Å². The Morgan fingerprint density at radius 1 is 1.28 bits per heavy atom. The Balaban J connectivity index is 1.87. The second kappa shape index (κ2) is 6.16. The van der Waals surface area contributed by atoms with Gasteiger partial charge in [-0.3, -0.25) is 4.90 Å². The molecule has 0 saturated carbocycles. The van der Waals surface area contributed by atoms with Crippen molar-refractivity contribution in [3.05, 3.63) is 23.9 Å². The molecule has 4 nitrogen and oxygen atoms in total. The number of rotatable bonds is 4. The Morgan fingerprint density at radius 3 is 2.61 bits per heavy atom. The molecule has 1 atom stereocenters. The number of aryl methyl sites for hydroxylation is 1. The third kappa shape index (κ3) is 3.43. The lowest BCUT2D eigenvalue weighted by Gasteiger charge is -2.36. The molecule has 1 fully saturated rings. The molecule has 1 saturated heterocycles. The lowest BCUT2D eigenvalue weighted by atomic mass is 10.1. The summed E-state index contributed by atoms with van der Waals surface area (Å²) in [6, 6.07) is 6.23. The van der Waals surface area contributed by atoms with E-state index >= 15 is 0 Å². The van der Waals surface area contributed by atoms with Crippen LogP contribution in [0.1, 0.15) is 12.6 Å². The summed E-state index contributed by atoms with van der Waals surface area (Å²) in [6.07, 6.45) is 0. The summed E-state index contributed by atoms with van der Waals surface area (Å²) in [5.41, 5.74) is 6.77. The molecule has 1 unspecified atom stereocenters. The van der Waals surface area contributed by atoms with Crippen molar-refractivity contribution in [2.45, 2.75) is 13.8 Å². The fraction of sp³-hybridized carbons (Fsp3) is 0.643. The molecule has 0 bridgehead atoms. The maximum atomic E-state index is 5.68. The predicted molar refractivity (Wildman–Crippen MR) is 75.8 cm³/mol. The van der Waals surface area contributed by atoms with Crippen molar-refractivity contribution in [1.29, 1.82) is 0 Å². The van der Waals surface area contributed by atoms with Crippen LogP contribution < -0.4 is 10.6 Å². The Bertz CT molecular complexity index is 372. The van der Waals surface area contributed by atoms with Gasteiger partial charge in [0.25, 0.3) is 0 Å². The van der Waals surface area contributed by atoms with Crippen LogP contribution in [-0.4, -0.2) is 49.2 Å². The minimum atomic E-state index is 0.591. The second-order valence-electron chi connectivity index (χ2n) is 5.27. The minimum absolute atomic E-state index is 0.591. The molecule has 2 N–H and O–H groups in total. The standard InChI is InChI=1S/C14H24N4/c1-12(10-15)11-17-6-8-18(9-7-17)14-5-3-4-13(2)16-14/h3-5,12H,6-11,15H2,1-2H3. The smallest absolute Gasteiger partial charge is 0.128 e. The van der Waals surface area contributed by atoms with Crippen molar-refractivity contribution in [1.82, 2.24) is 9.88 Å². The van der Waals surface area contributed by atoms with Crippen LogP contribution in [0.25, 0.3) is 0 Å². The fourth-order valence-electron chi connectivity index (χ4n) is 2.38. The zero-order valence-corrected chi connectivity index (χ0v) is 11.5. The van der Waals surface area contributed by atoms with E-state index in [1.807, 2.05) is 13.0 Å². The zero-order valence-electron chi connectivity index (χ0n) is 11.5. The molecule has 1 aliphatic heterocycles. The van der Waals surface area contributed by atoms with Gasteiger partial charge in [0.1, 0.15) is 5.82 Å². The molecule has 0 radical (unpaired) electrons. The van der Waals surface area contributed by atoms with Crippen molar-refractivity contribution in [3.8, 4) is 0 Å². The fourth-order valence-corrected chi connectivity index (χ4v) is 2.38. The van der Waals surface area contributed by atoms with Crippen LogP contribution in [0.4, 0.5) is 5.82 Å². The van der Waals surface area contributed by atoms with Gasteiger partial charge in [-0.05, 0) is 31.5 Å². The topological polar surface area (TPSA) is 45.4 Å². The number of hydrogen-bond donors (Lipinski definition) is 1. The molecule has 18 heavy (non-hydrogen) atoms. The molecular formula is C14H24N4. The van der Waals surface area contributed by atoms with E-state index in [0.29, 0.717) is 5.92 Å². The summed E-state index contributed by atoms with van der Waals surface area (Å²) in [5.74, 6) is 1.70. The molecule has 1 aliphatic rings. The van der Waals surface area contributed by atoms with Crippen LogP contribution in [0.2, 0.25) is 0 Å². The van der Waals surface area contributed by atoms with Crippen molar-refractivity contribution >= 4 is 5.82 Å². The van der Waals surface area contributed by atoms with Gasteiger partial charge in [0, 0.05) is 38.4 Å². The van der Waals surface area contributed by atoms with Crippen LogP contribution in [0.5, 0.6) is 0 Å². The van der Waals surface area contributed by atoms with Gasteiger partial charge < -0.3 is 10.6 Å². The molecule has 0 amide bonds. The Kier molecular flexibility index (Phi) is 4.55. The largest absolute Gasteiger partial charge is 0.354 e. The van der Waals surface area contributed by atoms with Crippen LogP contribution in [0, 0.1) is 12.8 Å². The van der Waals surface area contributed by atoms with Gasteiger partial charge in [0.05, 0.1) is 0 Å². The Morgan fingerprint density at radius 2 is 2.00 bits per heavy atom. The summed E-state index contributed by atoms with van der Waals surface area (Å²) in [5, 5.41) is 0. The first-order chi connectivity index (χ1) is 8.69. The monoisotopic (exact) mass is 248 g/mol. The van der Waals surface area contributed by atoms with E-state index in [2.05, 4.69) is 33.8 Å². The first-order valence-corrected chi connectivity index (χ1v) is 6.80. The molecule has 0 spiro atoms. The highest BCUT2D eigenvalue weighted by molar-refractivity contribution is 5.39. The highest BCUT2D eigenvalue weighted by Crippen LogP contribution is 2.14. The summed E-state index contributed by atoms with van der Waals surface area (Å²) in [4.78, 5) is 9.46.